The van der Waals surface area contributed by atoms with Crippen LogP contribution in [0.15, 0.2) is 0 Å². The maximum absolute atomic E-state index is 11.3. The Labute approximate surface area is 74.1 Å². The maximum atomic E-state index is 11.3. The fourth-order valence-electron chi connectivity index (χ4n) is 0.652. The van der Waals surface area contributed by atoms with Crippen molar-refractivity contribution < 1.29 is 4.79 Å². The molecule has 0 heterocycles. The summed E-state index contributed by atoms with van der Waals surface area (Å²) in [7, 11) is 0. The van der Waals surface area contributed by atoms with Gasteiger partial charge in [-0.2, -0.15) is 0 Å². The Bertz CT molecular complexity index is 135. The molecule has 0 fully saturated rings. The summed E-state index contributed by atoms with van der Waals surface area (Å²) in [5.41, 5.74) is -0.234. The molecule has 66 valence electrons. The number of Topliss-reactive ketones (excluding diaryl/α,β-unsaturated/α-hetero) is 1. The molecule has 0 N–H and O–H groups in total. The topological polar surface area (TPSA) is 17.1 Å². The van der Waals surface area contributed by atoms with Crippen LogP contribution in [0.3, 0.4) is 0 Å². The van der Waals surface area contributed by atoms with E-state index in [9.17, 15) is 4.79 Å². The molecule has 0 aliphatic rings. The molecule has 0 aliphatic carbocycles. The number of halogens is 1. The quantitative estimate of drug-likeness (QED) is 0.605. The maximum Gasteiger partial charge on any atom is 0.139 e. The van der Waals surface area contributed by atoms with Gasteiger partial charge in [-0.05, 0) is 6.42 Å². The zero-order chi connectivity index (χ0) is 9.07. The average molecular weight is 177 g/mol. The number of carbonyl (C=O) groups is 1. The van der Waals surface area contributed by atoms with Crippen LogP contribution in [0.4, 0.5) is 0 Å². The molecule has 1 nitrogen and oxygen atoms in total. The Morgan fingerprint density at radius 1 is 1.45 bits per heavy atom. The lowest BCUT2D eigenvalue weighted by Gasteiger charge is -2.17. The average Bonchev–Trinajstić information content (AvgIpc) is 1.85. The first-order chi connectivity index (χ1) is 4.88. The summed E-state index contributed by atoms with van der Waals surface area (Å²) >= 11 is 5.85. The molecule has 0 amide bonds. The SMILES string of the molecule is CCC(Cl)CC(=O)C(C)(C)C. The molecule has 0 radical (unpaired) electrons. The van der Waals surface area contributed by atoms with Gasteiger partial charge in [-0.25, -0.2) is 0 Å². The zero-order valence-electron chi connectivity index (χ0n) is 7.78. The largest absolute Gasteiger partial charge is 0.299 e. The molecule has 1 unspecified atom stereocenters. The summed E-state index contributed by atoms with van der Waals surface area (Å²) in [6.45, 7) is 7.77. The van der Waals surface area contributed by atoms with Crippen LogP contribution < -0.4 is 0 Å². The number of carbonyl (C=O) groups excluding carboxylic acids is 1. The second-order valence-corrected chi connectivity index (χ2v) is 4.50. The Kier molecular flexibility index (Phi) is 4.09. The third kappa shape index (κ3) is 4.41. The van der Waals surface area contributed by atoms with E-state index in [4.69, 9.17) is 11.6 Å². The van der Waals surface area contributed by atoms with Crippen molar-refractivity contribution in [1.29, 1.82) is 0 Å². The minimum atomic E-state index is -0.234. The first-order valence-electron chi connectivity index (χ1n) is 4.05. The van der Waals surface area contributed by atoms with Gasteiger partial charge >= 0.3 is 0 Å². The lowest BCUT2D eigenvalue weighted by Crippen LogP contribution is -2.22. The van der Waals surface area contributed by atoms with Gasteiger partial charge in [-0.1, -0.05) is 27.7 Å². The smallest absolute Gasteiger partial charge is 0.139 e. The van der Waals surface area contributed by atoms with Gasteiger partial charge < -0.3 is 0 Å². The Hall–Kier alpha value is -0.0400. The van der Waals surface area contributed by atoms with Crippen LogP contribution in [0.1, 0.15) is 40.5 Å². The highest BCUT2D eigenvalue weighted by atomic mass is 35.5. The van der Waals surface area contributed by atoms with Crippen LogP contribution in [-0.4, -0.2) is 11.2 Å². The monoisotopic (exact) mass is 176 g/mol. The fourth-order valence-corrected chi connectivity index (χ4v) is 0.792. The van der Waals surface area contributed by atoms with E-state index in [-0.39, 0.29) is 16.6 Å². The first-order valence-corrected chi connectivity index (χ1v) is 4.49. The summed E-state index contributed by atoms with van der Waals surface area (Å²) in [6, 6.07) is 0. The molecule has 0 saturated carbocycles. The van der Waals surface area contributed by atoms with Gasteiger partial charge in [0.05, 0.1) is 0 Å². The fraction of sp³-hybridized carbons (Fsp3) is 0.889. The van der Waals surface area contributed by atoms with E-state index in [1.165, 1.54) is 0 Å². The van der Waals surface area contributed by atoms with E-state index in [1.807, 2.05) is 27.7 Å². The van der Waals surface area contributed by atoms with Crippen LogP contribution >= 0.6 is 11.6 Å². The van der Waals surface area contributed by atoms with Crippen LogP contribution in [0.25, 0.3) is 0 Å². The van der Waals surface area contributed by atoms with Crippen molar-refractivity contribution in [2.75, 3.05) is 0 Å². The summed E-state index contributed by atoms with van der Waals surface area (Å²) in [6.07, 6.45) is 1.37. The minimum Gasteiger partial charge on any atom is -0.299 e. The van der Waals surface area contributed by atoms with Crippen LogP contribution in [0.2, 0.25) is 0 Å². The number of hydrogen-bond acceptors (Lipinski definition) is 1. The second-order valence-electron chi connectivity index (χ2n) is 3.88. The van der Waals surface area contributed by atoms with Gasteiger partial charge in [0.15, 0.2) is 0 Å². The van der Waals surface area contributed by atoms with Crippen molar-refractivity contribution in [2.45, 2.75) is 45.9 Å². The Balaban J connectivity index is 3.88. The third-order valence-corrected chi connectivity index (χ3v) is 2.15. The van der Waals surface area contributed by atoms with E-state index >= 15 is 0 Å². The van der Waals surface area contributed by atoms with Crippen molar-refractivity contribution in [2.24, 2.45) is 5.41 Å². The lowest BCUT2D eigenvalue weighted by atomic mass is 9.88. The molecule has 0 spiro atoms. The molecule has 0 aromatic carbocycles. The predicted octanol–water partition coefficient (Wildman–Crippen LogP) is 3.01. The molecule has 11 heavy (non-hydrogen) atoms. The molecule has 0 bridgehead atoms. The molecule has 0 aromatic heterocycles. The van der Waals surface area contributed by atoms with Gasteiger partial charge in [-0.15, -0.1) is 11.6 Å². The summed E-state index contributed by atoms with van der Waals surface area (Å²) in [5, 5.41) is 0.0155. The highest BCUT2D eigenvalue weighted by Crippen LogP contribution is 2.20. The molecular weight excluding hydrogens is 160 g/mol. The molecular formula is C9H17ClO. The van der Waals surface area contributed by atoms with Crippen molar-refractivity contribution >= 4 is 17.4 Å². The zero-order valence-corrected chi connectivity index (χ0v) is 8.53. The number of hydrogen-bond donors (Lipinski definition) is 0. The lowest BCUT2D eigenvalue weighted by molar-refractivity contribution is -0.126. The van der Waals surface area contributed by atoms with E-state index < -0.39 is 0 Å². The van der Waals surface area contributed by atoms with Gasteiger partial charge in [-0.3, -0.25) is 4.79 Å². The second kappa shape index (κ2) is 4.10. The van der Waals surface area contributed by atoms with Gasteiger partial charge in [0.2, 0.25) is 0 Å². The summed E-state index contributed by atoms with van der Waals surface area (Å²) in [4.78, 5) is 11.3. The highest BCUT2D eigenvalue weighted by Gasteiger charge is 2.22. The molecule has 2 heteroatoms. The van der Waals surface area contributed by atoms with Crippen molar-refractivity contribution in [3.05, 3.63) is 0 Å². The number of rotatable bonds is 3. The molecule has 1 atom stereocenters. The predicted molar refractivity (Wildman–Crippen MR) is 49.0 cm³/mol. The summed E-state index contributed by atoms with van der Waals surface area (Å²) in [5.74, 6) is 0.249. The highest BCUT2D eigenvalue weighted by molar-refractivity contribution is 6.21. The molecule has 0 aromatic rings. The van der Waals surface area contributed by atoms with Crippen molar-refractivity contribution in [3.8, 4) is 0 Å². The summed E-state index contributed by atoms with van der Waals surface area (Å²) < 4.78 is 0. The molecule has 0 rings (SSSR count). The van der Waals surface area contributed by atoms with E-state index in [2.05, 4.69) is 0 Å². The van der Waals surface area contributed by atoms with Crippen LogP contribution in [-0.2, 0) is 4.79 Å². The number of ketones is 1. The molecule has 0 saturated heterocycles. The van der Waals surface area contributed by atoms with E-state index in [0.717, 1.165) is 6.42 Å². The van der Waals surface area contributed by atoms with Gasteiger partial charge in [0, 0.05) is 17.2 Å². The van der Waals surface area contributed by atoms with E-state index in [0.29, 0.717) is 6.42 Å². The van der Waals surface area contributed by atoms with Gasteiger partial charge in [0.1, 0.15) is 5.78 Å². The number of alkyl halides is 1. The minimum absolute atomic E-state index is 0.0155. The normalized spacial score (nSPS) is 14.6. The Morgan fingerprint density at radius 2 is 1.91 bits per heavy atom. The Morgan fingerprint density at radius 3 is 2.18 bits per heavy atom. The van der Waals surface area contributed by atoms with Crippen LogP contribution in [0, 0.1) is 5.41 Å². The standard InChI is InChI=1S/C9H17ClO/c1-5-7(10)6-8(11)9(2,3)4/h7H,5-6H2,1-4H3. The van der Waals surface area contributed by atoms with Gasteiger partial charge in [0.25, 0.3) is 0 Å². The molecule has 0 aliphatic heterocycles. The third-order valence-electron chi connectivity index (χ3n) is 1.69. The van der Waals surface area contributed by atoms with Crippen LogP contribution in [0.5, 0.6) is 0 Å². The van der Waals surface area contributed by atoms with Crippen molar-refractivity contribution in [3.63, 3.8) is 0 Å². The first kappa shape index (κ1) is 11.0. The van der Waals surface area contributed by atoms with E-state index in [1.54, 1.807) is 0 Å². The van der Waals surface area contributed by atoms with Crippen molar-refractivity contribution in [1.82, 2.24) is 0 Å².